The lowest BCUT2D eigenvalue weighted by molar-refractivity contribution is -0.0710. The summed E-state index contributed by atoms with van der Waals surface area (Å²) in [5.41, 5.74) is 5.35. The van der Waals surface area contributed by atoms with Crippen molar-refractivity contribution in [1.29, 1.82) is 0 Å². The van der Waals surface area contributed by atoms with Gasteiger partial charge in [0.25, 0.3) is 0 Å². The number of hydrogen-bond acceptors (Lipinski definition) is 6. The van der Waals surface area contributed by atoms with Gasteiger partial charge in [-0.25, -0.2) is 9.97 Å². The Hall–Kier alpha value is -3.06. The molecule has 2 atom stereocenters. The molecule has 1 fully saturated rings. The minimum absolute atomic E-state index is 0.111. The molecule has 0 spiro atoms. The molecular weight excluding hydrogens is 458 g/mol. The summed E-state index contributed by atoms with van der Waals surface area (Å²) < 4.78 is 5.93. The minimum atomic E-state index is 0.111. The van der Waals surface area contributed by atoms with Crippen LogP contribution in [-0.2, 0) is 16.7 Å². The number of ether oxygens (including phenoxy) is 1. The van der Waals surface area contributed by atoms with Crippen LogP contribution >= 0.6 is 0 Å². The van der Waals surface area contributed by atoms with Gasteiger partial charge in [0.2, 0.25) is 0 Å². The molecule has 2 heterocycles. The van der Waals surface area contributed by atoms with Crippen molar-refractivity contribution in [3.8, 4) is 0 Å². The molecule has 4 rings (SSSR count). The lowest BCUT2D eigenvalue weighted by Gasteiger charge is -2.34. The smallest absolute Gasteiger partial charge is 0.145 e. The largest absolute Gasteiger partial charge is 0.373 e. The number of anilines is 2. The Balaban J connectivity index is 1.69. The lowest BCUT2D eigenvalue weighted by atomic mass is 9.87. The lowest BCUT2D eigenvalue weighted by Crippen LogP contribution is -2.45. The molecular formula is C31H41N5O. The molecule has 6 nitrogen and oxygen atoms in total. The van der Waals surface area contributed by atoms with E-state index >= 15 is 0 Å². The van der Waals surface area contributed by atoms with Crippen molar-refractivity contribution in [2.24, 2.45) is 0 Å². The highest BCUT2D eigenvalue weighted by Crippen LogP contribution is 2.29. The van der Waals surface area contributed by atoms with E-state index in [-0.39, 0.29) is 17.6 Å². The molecule has 2 aromatic carbocycles. The summed E-state index contributed by atoms with van der Waals surface area (Å²) in [4.78, 5) is 12.4. The number of rotatable bonds is 8. The molecule has 0 aliphatic carbocycles. The van der Waals surface area contributed by atoms with Crippen LogP contribution in [0.25, 0.3) is 16.5 Å². The predicted molar refractivity (Wildman–Crippen MR) is 155 cm³/mol. The molecule has 6 heteroatoms. The number of nitrogens with zero attached hydrogens (tertiary/aromatic N) is 3. The van der Waals surface area contributed by atoms with Crippen LogP contribution in [0.1, 0.15) is 51.6 Å². The molecule has 1 saturated heterocycles. The van der Waals surface area contributed by atoms with Crippen molar-refractivity contribution in [2.75, 3.05) is 32.0 Å². The topological polar surface area (TPSA) is 62.3 Å². The van der Waals surface area contributed by atoms with Crippen LogP contribution in [0, 0.1) is 0 Å². The fraction of sp³-hybridized carbons (Fsp3) is 0.419. The summed E-state index contributed by atoms with van der Waals surface area (Å²) in [6.45, 7) is 18.4. The summed E-state index contributed by atoms with van der Waals surface area (Å²) in [7, 11) is 1.93. The summed E-state index contributed by atoms with van der Waals surface area (Å²) in [6, 6.07) is 14.9. The molecule has 1 aliphatic rings. The molecule has 0 unspecified atom stereocenters. The van der Waals surface area contributed by atoms with Crippen molar-refractivity contribution >= 4 is 28.0 Å². The molecule has 196 valence electrons. The number of nitrogens with one attached hydrogen (secondary N) is 2. The summed E-state index contributed by atoms with van der Waals surface area (Å²) >= 11 is 0. The highest BCUT2D eigenvalue weighted by Gasteiger charge is 2.23. The molecule has 37 heavy (non-hydrogen) atoms. The predicted octanol–water partition coefficient (Wildman–Crippen LogP) is 6.07. The molecule has 0 saturated carbocycles. The summed E-state index contributed by atoms with van der Waals surface area (Å²) in [5.74, 6) is 1.62. The zero-order valence-electron chi connectivity index (χ0n) is 23.1. The Morgan fingerprint density at radius 2 is 1.78 bits per heavy atom. The Morgan fingerprint density at radius 1 is 1.08 bits per heavy atom. The second-order valence-corrected chi connectivity index (χ2v) is 11.1. The van der Waals surface area contributed by atoms with Gasteiger partial charge in [-0.3, -0.25) is 4.90 Å². The molecule has 1 aliphatic heterocycles. The van der Waals surface area contributed by atoms with E-state index in [2.05, 4.69) is 105 Å². The van der Waals surface area contributed by atoms with Gasteiger partial charge in [-0.05, 0) is 67.3 Å². The van der Waals surface area contributed by atoms with Gasteiger partial charge in [0, 0.05) is 30.7 Å². The molecule has 2 N–H and O–H groups in total. The van der Waals surface area contributed by atoms with E-state index < -0.39 is 0 Å². The number of aromatic nitrogens is 2. The third-order valence-corrected chi connectivity index (χ3v) is 6.63. The van der Waals surface area contributed by atoms with Gasteiger partial charge in [0.05, 0.1) is 24.3 Å². The van der Waals surface area contributed by atoms with E-state index in [1.54, 1.807) is 0 Å². The maximum atomic E-state index is 5.93. The van der Waals surface area contributed by atoms with Crippen molar-refractivity contribution in [2.45, 2.75) is 58.8 Å². The second kappa shape index (κ2) is 11.5. The normalized spacial score (nSPS) is 19.0. The van der Waals surface area contributed by atoms with Crippen molar-refractivity contribution in [1.82, 2.24) is 20.2 Å². The van der Waals surface area contributed by atoms with Crippen molar-refractivity contribution in [3.05, 3.63) is 78.1 Å². The van der Waals surface area contributed by atoms with E-state index in [1.807, 2.05) is 13.1 Å². The fourth-order valence-corrected chi connectivity index (χ4v) is 4.76. The first-order valence-corrected chi connectivity index (χ1v) is 13.2. The van der Waals surface area contributed by atoms with Crippen LogP contribution in [0.2, 0.25) is 0 Å². The van der Waals surface area contributed by atoms with Gasteiger partial charge in [-0.1, -0.05) is 57.7 Å². The number of hydrogen-bond donors (Lipinski definition) is 2. The zero-order valence-corrected chi connectivity index (χ0v) is 23.1. The molecule has 1 aromatic heterocycles. The highest BCUT2D eigenvalue weighted by atomic mass is 16.5. The summed E-state index contributed by atoms with van der Waals surface area (Å²) in [5, 5.41) is 7.69. The monoisotopic (exact) mass is 499 g/mol. The van der Waals surface area contributed by atoms with Crippen LogP contribution < -0.4 is 10.6 Å². The van der Waals surface area contributed by atoms with Crippen molar-refractivity contribution in [3.63, 3.8) is 0 Å². The number of fused-ring (bicyclic) bond motifs is 1. The molecule has 0 bridgehead atoms. The quantitative estimate of drug-likeness (QED) is 0.367. The molecule has 0 amide bonds. The van der Waals surface area contributed by atoms with Crippen LogP contribution in [0.5, 0.6) is 0 Å². The summed E-state index contributed by atoms with van der Waals surface area (Å²) in [6.07, 6.45) is 4.52. The first-order chi connectivity index (χ1) is 17.6. The van der Waals surface area contributed by atoms with Gasteiger partial charge in [0.15, 0.2) is 0 Å². The Bertz CT molecular complexity index is 1250. The zero-order chi connectivity index (χ0) is 26.6. The number of benzene rings is 2. The Labute approximate surface area is 221 Å². The highest BCUT2D eigenvalue weighted by molar-refractivity contribution is 5.93. The SMILES string of the molecule is C=C(/C=C\CNC)c1ccc2c(Nc3ccc(C(C)(C)C)cc3)nc(CN3C[C@@H](C)O[C@@H](C)C3)nc2c1. The van der Waals surface area contributed by atoms with Crippen LogP contribution in [0.4, 0.5) is 11.5 Å². The first-order valence-electron chi connectivity index (χ1n) is 13.2. The van der Waals surface area contributed by atoms with E-state index in [0.717, 1.165) is 59.0 Å². The maximum absolute atomic E-state index is 5.93. The van der Waals surface area contributed by atoms with Gasteiger partial charge in [-0.15, -0.1) is 0 Å². The average molecular weight is 500 g/mol. The van der Waals surface area contributed by atoms with Crippen molar-refractivity contribution < 1.29 is 4.74 Å². The third kappa shape index (κ3) is 7.04. The first kappa shape index (κ1) is 27.0. The average Bonchev–Trinajstić information content (AvgIpc) is 2.83. The van der Waals surface area contributed by atoms with Gasteiger partial charge in [0.1, 0.15) is 11.6 Å². The number of morpholine rings is 1. The van der Waals surface area contributed by atoms with Gasteiger partial charge >= 0.3 is 0 Å². The van der Waals surface area contributed by atoms with Crippen LogP contribution in [0.3, 0.4) is 0 Å². The Morgan fingerprint density at radius 3 is 2.43 bits per heavy atom. The van der Waals surface area contributed by atoms with E-state index in [4.69, 9.17) is 14.7 Å². The molecule has 3 aromatic rings. The van der Waals surface area contributed by atoms with E-state index in [9.17, 15) is 0 Å². The maximum Gasteiger partial charge on any atom is 0.145 e. The molecule has 0 radical (unpaired) electrons. The van der Waals surface area contributed by atoms with Gasteiger partial charge in [-0.2, -0.15) is 0 Å². The number of allylic oxidation sites excluding steroid dienone is 2. The number of likely N-dealkylation sites (N-methyl/N-ethyl adjacent to an activating group) is 1. The second-order valence-electron chi connectivity index (χ2n) is 11.1. The van der Waals surface area contributed by atoms with E-state index in [0.29, 0.717) is 6.54 Å². The fourth-order valence-electron chi connectivity index (χ4n) is 4.76. The van der Waals surface area contributed by atoms with Crippen LogP contribution in [-0.4, -0.2) is 53.8 Å². The van der Waals surface area contributed by atoms with Crippen LogP contribution in [0.15, 0.2) is 61.2 Å². The van der Waals surface area contributed by atoms with E-state index in [1.165, 1.54) is 5.56 Å². The van der Waals surface area contributed by atoms with Gasteiger partial charge < -0.3 is 15.4 Å². The Kier molecular flexibility index (Phi) is 8.42. The minimum Gasteiger partial charge on any atom is -0.373 e. The third-order valence-electron chi connectivity index (χ3n) is 6.63. The standard InChI is InChI=1S/C31H41N5O/c1-21(9-8-16-32-7)24-10-15-27-28(17-24)34-29(20-36-18-22(2)37-23(3)19-36)35-30(27)33-26-13-11-25(12-14-26)31(4,5)6/h8-15,17,22-23,32H,1,16,18-20H2,2-7H3,(H,33,34,35)/b9-8-/t22-,23+.